The number of carbonyl (C=O) groups excluding carboxylic acids is 1. The number of benzene rings is 2. The van der Waals surface area contributed by atoms with Crippen molar-refractivity contribution >= 4 is 16.9 Å². The summed E-state index contributed by atoms with van der Waals surface area (Å²) in [6.07, 6.45) is -5.05. The molecule has 0 atom stereocenters. The van der Waals surface area contributed by atoms with E-state index in [9.17, 15) is 27.9 Å². The Morgan fingerprint density at radius 3 is 2.32 bits per heavy atom. The molecular weight excluding hydrogens is 419 g/mol. The Balaban J connectivity index is 2.19. The minimum Gasteiger partial charge on any atom is -0.507 e. The molecule has 0 aliphatic heterocycles. The van der Waals surface area contributed by atoms with Gasteiger partial charge in [-0.25, -0.2) is 4.79 Å². The quantitative estimate of drug-likeness (QED) is 0.600. The summed E-state index contributed by atoms with van der Waals surface area (Å²) in [5, 5.41) is 9.92. The lowest BCUT2D eigenvalue weighted by Crippen LogP contribution is -2.17. The molecule has 3 rings (SSSR count). The number of rotatable bonds is 5. The zero-order valence-electron chi connectivity index (χ0n) is 16.7. The third-order valence-electron chi connectivity index (χ3n) is 4.32. The Morgan fingerprint density at radius 2 is 1.77 bits per heavy atom. The summed E-state index contributed by atoms with van der Waals surface area (Å²) in [4.78, 5) is 26.0. The second-order valence-corrected chi connectivity index (χ2v) is 6.88. The van der Waals surface area contributed by atoms with Crippen LogP contribution in [-0.2, 0) is 17.5 Å². The monoisotopic (exact) mass is 437 g/mol. The van der Waals surface area contributed by atoms with Gasteiger partial charge in [-0.2, -0.15) is 13.2 Å². The minimum atomic E-state index is -5.05. The largest absolute Gasteiger partial charge is 0.507 e. The molecule has 0 fully saturated rings. The minimum absolute atomic E-state index is 0.0403. The summed E-state index contributed by atoms with van der Waals surface area (Å²) in [5.41, 5.74) is -1.23. The predicted octanol–water partition coefficient (Wildman–Crippen LogP) is 4.16. The molecule has 0 aliphatic rings. The molecule has 1 aromatic heterocycles. The van der Waals surface area contributed by atoms with Crippen LogP contribution in [0.1, 0.15) is 21.7 Å². The third kappa shape index (κ3) is 4.48. The Hall–Kier alpha value is -3.53. The van der Waals surface area contributed by atoms with Crippen LogP contribution in [0.2, 0.25) is 0 Å². The number of aromatic hydroxyl groups is 1. The molecule has 0 bridgehead atoms. The topological polar surface area (TPSA) is 89.2 Å². The molecule has 0 aliphatic carbocycles. The molecule has 10 heteroatoms. The highest BCUT2D eigenvalue weighted by Crippen LogP contribution is 2.40. The van der Waals surface area contributed by atoms with Gasteiger partial charge in [-0.05, 0) is 50.5 Å². The van der Waals surface area contributed by atoms with E-state index in [1.165, 1.54) is 43.5 Å². The highest BCUT2D eigenvalue weighted by atomic mass is 19.4. The van der Waals surface area contributed by atoms with E-state index >= 15 is 0 Å². The number of methoxy groups -OCH3 is 1. The lowest BCUT2D eigenvalue weighted by Gasteiger charge is -2.17. The van der Waals surface area contributed by atoms with Gasteiger partial charge >= 0.3 is 12.1 Å². The fraction of sp³-hybridized carbons (Fsp3) is 0.238. The zero-order valence-corrected chi connectivity index (χ0v) is 16.7. The molecular formula is C21H18F3NO6. The van der Waals surface area contributed by atoms with Gasteiger partial charge in [0.1, 0.15) is 17.1 Å². The van der Waals surface area contributed by atoms with Crippen molar-refractivity contribution in [1.29, 1.82) is 0 Å². The van der Waals surface area contributed by atoms with Crippen molar-refractivity contribution in [2.45, 2.75) is 12.7 Å². The van der Waals surface area contributed by atoms with Crippen molar-refractivity contribution < 1.29 is 37.0 Å². The van der Waals surface area contributed by atoms with Gasteiger partial charge in [-0.15, -0.1) is 0 Å². The second kappa shape index (κ2) is 8.31. The number of carbonyl (C=O) groups is 1. The molecule has 31 heavy (non-hydrogen) atoms. The van der Waals surface area contributed by atoms with Crippen molar-refractivity contribution in [3.63, 3.8) is 0 Å². The number of hydrogen-bond acceptors (Lipinski definition) is 7. The van der Waals surface area contributed by atoms with E-state index in [0.29, 0.717) is 0 Å². The van der Waals surface area contributed by atoms with E-state index in [1.807, 2.05) is 0 Å². The van der Waals surface area contributed by atoms with Crippen LogP contribution >= 0.6 is 0 Å². The van der Waals surface area contributed by atoms with E-state index in [-0.39, 0.29) is 40.1 Å². The van der Waals surface area contributed by atoms with Crippen LogP contribution in [-0.4, -0.2) is 37.2 Å². The summed E-state index contributed by atoms with van der Waals surface area (Å²) < 4.78 is 56.1. The van der Waals surface area contributed by atoms with Gasteiger partial charge in [0, 0.05) is 6.54 Å². The summed E-state index contributed by atoms with van der Waals surface area (Å²) >= 11 is 0. The van der Waals surface area contributed by atoms with Crippen molar-refractivity contribution in [2.24, 2.45) is 0 Å². The molecule has 0 radical (unpaired) electrons. The van der Waals surface area contributed by atoms with Gasteiger partial charge in [0.15, 0.2) is 0 Å². The fourth-order valence-corrected chi connectivity index (χ4v) is 2.93. The van der Waals surface area contributed by atoms with Crippen LogP contribution in [0.3, 0.4) is 0 Å². The summed E-state index contributed by atoms with van der Waals surface area (Å²) in [6.45, 7) is 0.0403. The number of halogens is 3. The number of ether oxygens (including phenoxy) is 2. The molecule has 2 aromatic carbocycles. The SMILES string of the molecule is COC(=O)c1ccc(Oc2c(C(F)(F)F)oc3c(CN(C)C)c(O)ccc3c2=O)cc1. The molecule has 0 unspecified atom stereocenters. The average molecular weight is 437 g/mol. The summed E-state index contributed by atoms with van der Waals surface area (Å²) in [5.74, 6) is -3.73. The third-order valence-corrected chi connectivity index (χ3v) is 4.32. The first-order chi connectivity index (χ1) is 14.5. The first-order valence-corrected chi connectivity index (χ1v) is 8.92. The molecule has 0 amide bonds. The van der Waals surface area contributed by atoms with E-state index in [2.05, 4.69) is 4.74 Å². The molecule has 0 saturated carbocycles. The Kier molecular flexibility index (Phi) is 5.94. The van der Waals surface area contributed by atoms with Crippen molar-refractivity contribution in [3.8, 4) is 17.2 Å². The zero-order chi connectivity index (χ0) is 22.9. The Morgan fingerprint density at radius 1 is 1.13 bits per heavy atom. The first kappa shape index (κ1) is 22.2. The molecule has 1 heterocycles. The maximum absolute atomic E-state index is 13.7. The predicted molar refractivity (Wildman–Crippen MR) is 104 cm³/mol. The lowest BCUT2D eigenvalue weighted by molar-refractivity contribution is -0.154. The van der Waals surface area contributed by atoms with Crippen molar-refractivity contribution in [1.82, 2.24) is 4.90 Å². The van der Waals surface area contributed by atoms with Crippen LogP contribution in [0.5, 0.6) is 17.2 Å². The molecule has 164 valence electrons. The second-order valence-electron chi connectivity index (χ2n) is 6.88. The number of esters is 1. The smallest absolute Gasteiger partial charge is 0.453 e. The van der Waals surface area contributed by atoms with Crippen LogP contribution in [0.25, 0.3) is 11.0 Å². The van der Waals surface area contributed by atoms with Crippen molar-refractivity contribution in [3.05, 3.63) is 63.5 Å². The van der Waals surface area contributed by atoms with E-state index in [0.717, 1.165) is 0 Å². The maximum atomic E-state index is 13.7. The molecule has 1 N–H and O–H groups in total. The fourth-order valence-electron chi connectivity index (χ4n) is 2.93. The highest BCUT2D eigenvalue weighted by Gasteiger charge is 2.41. The molecule has 0 saturated heterocycles. The van der Waals surface area contributed by atoms with E-state index in [1.54, 1.807) is 19.0 Å². The standard InChI is InChI=1S/C21H18F3NO6/c1-25(2)10-14-15(26)9-8-13-16(27)18(19(21(22,23)24)31-17(13)14)30-12-6-4-11(5-7-12)20(28)29-3/h4-9,26H,10H2,1-3H3. The highest BCUT2D eigenvalue weighted by molar-refractivity contribution is 5.89. The van der Waals surface area contributed by atoms with Gasteiger partial charge in [0.05, 0.1) is 23.6 Å². The van der Waals surface area contributed by atoms with Crippen LogP contribution in [0, 0.1) is 0 Å². The Bertz CT molecular complexity index is 1180. The van der Waals surface area contributed by atoms with Gasteiger partial charge in [0.2, 0.25) is 11.2 Å². The lowest BCUT2D eigenvalue weighted by atomic mass is 10.1. The molecule has 7 nitrogen and oxygen atoms in total. The van der Waals surface area contributed by atoms with E-state index < -0.39 is 29.1 Å². The molecule has 0 spiro atoms. The van der Waals surface area contributed by atoms with Gasteiger partial charge < -0.3 is 23.9 Å². The van der Waals surface area contributed by atoms with Crippen molar-refractivity contribution in [2.75, 3.05) is 21.2 Å². The Labute approximate surface area is 174 Å². The summed E-state index contributed by atoms with van der Waals surface area (Å²) in [7, 11) is 4.48. The number of phenols is 1. The number of phenolic OH excluding ortho intramolecular Hbond substituents is 1. The first-order valence-electron chi connectivity index (χ1n) is 8.92. The van der Waals surface area contributed by atoms with Gasteiger partial charge in [-0.1, -0.05) is 0 Å². The maximum Gasteiger partial charge on any atom is 0.453 e. The number of fused-ring (bicyclic) bond motifs is 1. The number of nitrogens with zero attached hydrogens (tertiary/aromatic N) is 1. The van der Waals surface area contributed by atoms with Gasteiger partial charge in [-0.3, -0.25) is 4.79 Å². The summed E-state index contributed by atoms with van der Waals surface area (Å²) in [6, 6.07) is 7.40. The van der Waals surface area contributed by atoms with Crippen LogP contribution in [0.4, 0.5) is 13.2 Å². The molecule has 3 aromatic rings. The van der Waals surface area contributed by atoms with Gasteiger partial charge in [0.25, 0.3) is 5.76 Å². The van der Waals surface area contributed by atoms with Crippen LogP contribution < -0.4 is 10.2 Å². The number of alkyl halides is 3. The van der Waals surface area contributed by atoms with E-state index in [4.69, 9.17) is 9.15 Å². The van der Waals surface area contributed by atoms with Crippen LogP contribution in [0.15, 0.2) is 45.6 Å². The number of hydrogen-bond donors (Lipinski definition) is 1. The average Bonchev–Trinajstić information content (AvgIpc) is 2.70. The normalized spacial score (nSPS) is 11.7.